The minimum Gasteiger partial charge on any atom is -0.492 e. The molecule has 2 aliphatic heterocycles. The van der Waals surface area contributed by atoms with E-state index in [4.69, 9.17) is 10.00 Å². The second-order valence-corrected chi connectivity index (χ2v) is 9.71. The molecular weight excluding hydrogens is 446 g/mol. The summed E-state index contributed by atoms with van der Waals surface area (Å²) < 4.78 is 7.90. The molecule has 2 aliphatic rings. The van der Waals surface area contributed by atoms with E-state index in [1.54, 1.807) is 6.07 Å². The van der Waals surface area contributed by atoms with Crippen LogP contribution in [0.3, 0.4) is 0 Å². The first-order valence-corrected chi connectivity index (χ1v) is 12.5. The van der Waals surface area contributed by atoms with Crippen molar-refractivity contribution >= 4 is 29.4 Å². The third kappa shape index (κ3) is 4.67. The number of aryl methyl sites for hydroxylation is 1. The Bertz CT molecular complexity index is 1280. The number of carbonyl (C=O) groups is 1. The molecule has 0 bridgehead atoms. The maximum Gasteiger partial charge on any atom is 0.258 e. The highest BCUT2D eigenvalue weighted by Gasteiger charge is 2.25. The molecule has 0 spiro atoms. The molecule has 0 atom stereocenters. The molecule has 1 saturated heterocycles. The fourth-order valence-corrected chi connectivity index (χ4v) is 5.52. The van der Waals surface area contributed by atoms with Crippen LogP contribution in [0.5, 0.6) is 5.75 Å². The molecule has 0 aliphatic carbocycles. The lowest BCUT2D eigenvalue weighted by atomic mass is 10.0. The number of thioether (sulfide) groups is 1. The molecule has 0 unspecified atom stereocenters. The highest BCUT2D eigenvalue weighted by atomic mass is 32.2. The Balaban J connectivity index is 1.08. The molecule has 1 amide bonds. The highest BCUT2D eigenvalue weighted by Crippen LogP contribution is 2.35. The zero-order chi connectivity index (χ0) is 23.5. The number of carbonyl (C=O) groups excluding carboxylic acids is 1. The zero-order valence-corrected chi connectivity index (χ0v) is 20.0. The molecule has 7 nitrogen and oxygen atoms in total. The van der Waals surface area contributed by atoms with Gasteiger partial charge in [0.2, 0.25) is 0 Å². The number of likely N-dealkylation sites (tertiary alicyclic amines) is 1. The lowest BCUT2D eigenvalue weighted by Gasteiger charge is -2.32. The lowest BCUT2D eigenvalue weighted by molar-refractivity contribution is -0.117. The fraction of sp³-hybridized carbons (Fsp3) is 0.346. The van der Waals surface area contributed by atoms with Crippen LogP contribution in [-0.4, -0.2) is 52.5 Å². The van der Waals surface area contributed by atoms with Crippen LogP contribution in [0.4, 0.5) is 0 Å². The Morgan fingerprint density at radius 1 is 1.24 bits per heavy atom. The Labute approximate surface area is 203 Å². The van der Waals surface area contributed by atoms with Crippen molar-refractivity contribution in [3.05, 3.63) is 64.3 Å². The van der Waals surface area contributed by atoms with Crippen molar-refractivity contribution in [2.45, 2.75) is 37.3 Å². The highest BCUT2D eigenvalue weighted by molar-refractivity contribution is 8.04. The normalized spacial score (nSPS) is 16.2. The fourth-order valence-electron chi connectivity index (χ4n) is 4.54. The molecule has 1 fully saturated rings. The molecule has 3 aromatic rings. The van der Waals surface area contributed by atoms with Crippen LogP contribution in [0, 0.1) is 18.3 Å². The molecule has 34 heavy (non-hydrogen) atoms. The third-order valence-electron chi connectivity index (χ3n) is 6.34. The number of hydrogen-bond donors (Lipinski definition) is 1. The minimum atomic E-state index is -0.00291. The standard InChI is InChI=1S/C26H27N5O2S/c1-18-21-16-23(34-25-9-4-8-24(28-18)31(21)25)26(32)29-20-10-13-30(14-11-20)12-5-15-33-22-7-3-2-6-19(22)17-27/h2-4,6-9,16,20H,5,10-15H2,1H3,(H,29,32). The Hall–Kier alpha value is -3.28. The summed E-state index contributed by atoms with van der Waals surface area (Å²) in [5.74, 6) is 0.646. The van der Waals surface area contributed by atoms with Crippen molar-refractivity contribution in [1.82, 2.24) is 19.6 Å². The van der Waals surface area contributed by atoms with Gasteiger partial charge in [-0.3, -0.25) is 9.20 Å². The first-order valence-electron chi connectivity index (χ1n) is 11.6. The van der Waals surface area contributed by atoms with Gasteiger partial charge in [0.15, 0.2) is 0 Å². The van der Waals surface area contributed by atoms with E-state index in [0.717, 1.165) is 65.9 Å². The Kier molecular flexibility index (Phi) is 6.57. The summed E-state index contributed by atoms with van der Waals surface area (Å²) in [6.07, 6.45) is 4.74. The lowest BCUT2D eigenvalue weighted by Crippen LogP contribution is -2.45. The largest absolute Gasteiger partial charge is 0.492 e. The Morgan fingerprint density at radius 3 is 2.88 bits per heavy atom. The zero-order valence-electron chi connectivity index (χ0n) is 19.2. The van der Waals surface area contributed by atoms with Crippen molar-refractivity contribution in [3.8, 4) is 11.8 Å². The first-order chi connectivity index (χ1) is 16.6. The van der Waals surface area contributed by atoms with Gasteiger partial charge in [0.05, 0.1) is 33.5 Å². The van der Waals surface area contributed by atoms with E-state index in [0.29, 0.717) is 17.9 Å². The van der Waals surface area contributed by atoms with Gasteiger partial charge in [-0.2, -0.15) is 5.26 Å². The van der Waals surface area contributed by atoms with Crippen LogP contribution in [0.25, 0.3) is 11.7 Å². The van der Waals surface area contributed by atoms with Gasteiger partial charge in [-0.25, -0.2) is 4.98 Å². The number of imidazole rings is 1. The number of ether oxygens (including phenoxy) is 1. The molecule has 8 heteroatoms. The molecule has 1 N–H and O–H groups in total. The number of nitrogens with one attached hydrogen (secondary N) is 1. The van der Waals surface area contributed by atoms with Gasteiger partial charge in [0.1, 0.15) is 17.5 Å². The SMILES string of the molecule is Cc1nc2cccc3n2c1C=C(C(=O)NC1CCN(CCCOc2ccccc2C#N)CC1)S3. The van der Waals surface area contributed by atoms with Gasteiger partial charge in [0, 0.05) is 25.7 Å². The quantitative estimate of drug-likeness (QED) is 0.522. The molecule has 174 valence electrons. The van der Waals surface area contributed by atoms with E-state index in [1.165, 1.54) is 11.8 Å². The van der Waals surface area contributed by atoms with E-state index in [1.807, 2.05) is 49.4 Å². The Morgan fingerprint density at radius 2 is 2.06 bits per heavy atom. The predicted octanol–water partition coefficient (Wildman–Crippen LogP) is 4.01. The number of hydrogen-bond acceptors (Lipinski definition) is 6. The van der Waals surface area contributed by atoms with E-state index in [2.05, 4.69) is 25.7 Å². The maximum absolute atomic E-state index is 13.0. The van der Waals surface area contributed by atoms with Gasteiger partial charge < -0.3 is 15.0 Å². The summed E-state index contributed by atoms with van der Waals surface area (Å²) in [7, 11) is 0. The van der Waals surface area contributed by atoms with E-state index < -0.39 is 0 Å². The second-order valence-electron chi connectivity index (χ2n) is 8.65. The molecular formula is C26H27N5O2S. The van der Waals surface area contributed by atoms with Crippen molar-refractivity contribution in [3.63, 3.8) is 0 Å². The number of nitriles is 1. The number of amides is 1. The topological polar surface area (TPSA) is 82.7 Å². The molecule has 4 heterocycles. The summed E-state index contributed by atoms with van der Waals surface area (Å²) in [5, 5.41) is 13.4. The number of aromatic nitrogens is 2. The maximum atomic E-state index is 13.0. The summed E-state index contributed by atoms with van der Waals surface area (Å²) >= 11 is 1.50. The van der Waals surface area contributed by atoms with Crippen molar-refractivity contribution < 1.29 is 9.53 Å². The van der Waals surface area contributed by atoms with Crippen LogP contribution >= 0.6 is 11.8 Å². The second kappa shape index (κ2) is 9.92. The van der Waals surface area contributed by atoms with E-state index in [-0.39, 0.29) is 11.9 Å². The number of pyridine rings is 1. The summed E-state index contributed by atoms with van der Waals surface area (Å²) in [6.45, 7) is 5.43. The van der Waals surface area contributed by atoms with Crippen molar-refractivity contribution in [2.75, 3.05) is 26.2 Å². The smallest absolute Gasteiger partial charge is 0.258 e. The van der Waals surface area contributed by atoms with Crippen LogP contribution in [0.2, 0.25) is 0 Å². The van der Waals surface area contributed by atoms with Crippen LogP contribution in [-0.2, 0) is 4.79 Å². The molecule has 2 aromatic heterocycles. The van der Waals surface area contributed by atoms with Gasteiger partial charge in [-0.1, -0.05) is 30.0 Å². The number of para-hydroxylation sites is 1. The van der Waals surface area contributed by atoms with E-state index in [9.17, 15) is 4.79 Å². The number of benzene rings is 1. The van der Waals surface area contributed by atoms with Gasteiger partial charge in [-0.05, 0) is 56.5 Å². The molecule has 5 rings (SSSR count). The first kappa shape index (κ1) is 22.5. The summed E-state index contributed by atoms with van der Waals surface area (Å²) in [5.41, 5.74) is 3.41. The number of nitrogens with zero attached hydrogens (tertiary/aromatic N) is 4. The average molecular weight is 474 g/mol. The minimum absolute atomic E-state index is 0.00291. The van der Waals surface area contributed by atoms with Crippen LogP contribution < -0.4 is 10.1 Å². The molecule has 0 radical (unpaired) electrons. The van der Waals surface area contributed by atoms with Gasteiger partial charge >= 0.3 is 0 Å². The van der Waals surface area contributed by atoms with Gasteiger partial charge in [0.25, 0.3) is 5.91 Å². The summed E-state index contributed by atoms with van der Waals surface area (Å²) in [6, 6.07) is 15.7. The van der Waals surface area contributed by atoms with Crippen molar-refractivity contribution in [1.29, 1.82) is 5.26 Å². The number of piperidine rings is 1. The molecule has 1 aromatic carbocycles. The van der Waals surface area contributed by atoms with Gasteiger partial charge in [-0.15, -0.1) is 0 Å². The summed E-state index contributed by atoms with van der Waals surface area (Å²) in [4.78, 5) is 20.8. The van der Waals surface area contributed by atoms with Crippen LogP contribution in [0.1, 0.15) is 36.2 Å². The van der Waals surface area contributed by atoms with E-state index >= 15 is 0 Å². The van der Waals surface area contributed by atoms with Crippen molar-refractivity contribution in [2.24, 2.45) is 0 Å². The average Bonchev–Trinajstić information content (AvgIpc) is 3.19. The number of rotatable bonds is 7. The molecule has 0 saturated carbocycles. The third-order valence-corrected chi connectivity index (χ3v) is 7.39. The predicted molar refractivity (Wildman–Crippen MR) is 133 cm³/mol. The van der Waals surface area contributed by atoms with Crippen LogP contribution in [0.15, 0.2) is 52.4 Å². The monoisotopic (exact) mass is 473 g/mol.